The molecule has 0 bridgehead atoms. The molecule has 194 valence electrons. The number of carbonyl (C=O) groups excluding carboxylic acids is 1. The number of hydrogen-bond donors (Lipinski definition) is 3. The van der Waals surface area contributed by atoms with E-state index >= 15 is 0 Å². The van der Waals surface area contributed by atoms with Crippen molar-refractivity contribution in [1.82, 2.24) is 9.71 Å². The summed E-state index contributed by atoms with van der Waals surface area (Å²) < 4.78 is 38.5. The fraction of sp³-hybridized carbons (Fsp3) is 0.333. The molecule has 0 spiro atoms. The molecule has 10 heteroatoms. The van der Waals surface area contributed by atoms with Gasteiger partial charge in [0.25, 0.3) is 0 Å². The Bertz CT molecular complexity index is 1430. The summed E-state index contributed by atoms with van der Waals surface area (Å²) in [6.07, 6.45) is 1.74. The number of fused-ring (bicyclic) bond motifs is 1. The topological polar surface area (TPSA) is 135 Å². The molecule has 37 heavy (non-hydrogen) atoms. The third kappa shape index (κ3) is 4.97. The van der Waals surface area contributed by atoms with Crippen LogP contribution in [0.3, 0.4) is 0 Å². The van der Waals surface area contributed by atoms with E-state index in [4.69, 9.17) is 9.47 Å². The van der Waals surface area contributed by atoms with Crippen molar-refractivity contribution >= 4 is 15.8 Å². The maximum absolute atomic E-state index is 13.3. The lowest BCUT2D eigenvalue weighted by Gasteiger charge is -2.25. The van der Waals surface area contributed by atoms with Crippen molar-refractivity contribution in [3.8, 4) is 22.8 Å². The van der Waals surface area contributed by atoms with Crippen LogP contribution in [0.2, 0.25) is 0 Å². The molecule has 2 aromatic carbocycles. The minimum atomic E-state index is -3.96. The average molecular weight is 525 g/mol. The molecule has 0 radical (unpaired) electrons. The first kappa shape index (κ1) is 25.3. The molecule has 2 heterocycles. The number of aromatic nitrogens is 1. The Hall–Kier alpha value is -3.31. The van der Waals surface area contributed by atoms with Gasteiger partial charge in [0, 0.05) is 17.7 Å². The average Bonchev–Trinajstić information content (AvgIpc) is 3.59. The maximum atomic E-state index is 13.3. The number of aliphatic hydroxyl groups excluding tert-OH is 2. The van der Waals surface area contributed by atoms with Crippen molar-refractivity contribution in [2.24, 2.45) is 0 Å². The first-order chi connectivity index (χ1) is 17.7. The summed E-state index contributed by atoms with van der Waals surface area (Å²) in [5.41, 5.74) is 0.970. The number of pyridine rings is 1. The lowest BCUT2D eigenvalue weighted by Crippen LogP contribution is -2.51. The van der Waals surface area contributed by atoms with Crippen molar-refractivity contribution in [3.63, 3.8) is 0 Å². The number of carbonyl (C=O) groups is 1. The molecule has 3 aromatic rings. The van der Waals surface area contributed by atoms with Gasteiger partial charge in [0.2, 0.25) is 16.8 Å². The maximum Gasteiger partial charge on any atom is 0.241 e. The summed E-state index contributed by atoms with van der Waals surface area (Å²) in [7, 11) is -3.96. The number of Topliss-reactive ketones (excluding diaryl/α,β-unsaturated/α-hetero) is 1. The molecule has 5 rings (SSSR count). The van der Waals surface area contributed by atoms with Crippen molar-refractivity contribution in [3.05, 3.63) is 71.9 Å². The minimum Gasteiger partial charge on any atom is -0.454 e. The van der Waals surface area contributed by atoms with Gasteiger partial charge in [-0.1, -0.05) is 24.3 Å². The number of ether oxygens (including phenoxy) is 2. The lowest BCUT2D eigenvalue weighted by molar-refractivity contribution is -0.120. The molecule has 1 aliphatic carbocycles. The van der Waals surface area contributed by atoms with Gasteiger partial charge < -0.3 is 19.7 Å². The molecule has 0 amide bonds. The van der Waals surface area contributed by atoms with Crippen LogP contribution in [0.5, 0.6) is 11.5 Å². The molecule has 1 saturated carbocycles. The molecule has 0 unspecified atom stereocenters. The highest BCUT2D eigenvalue weighted by atomic mass is 32.2. The molecular weight excluding hydrogens is 496 g/mol. The normalized spacial score (nSPS) is 16.0. The number of sulfonamides is 1. The standard InChI is InChI=1S/C27H28N2O7S/c1-26(15-30,16-31)29-37(33,34)21-8-5-18(6-9-21)22-4-2-3-20(28-22)14-25(32)27(11-12-27)19-7-10-23-24(13-19)36-17-35-23/h2-10,13,29-31H,11-12,14-17H2,1H3. The smallest absolute Gasteiger partial charge is 0.241 e. The predicted octanol–water partition coefficient (Wildman–Crippen LogP) is 2.34. The quantitative estimate of drug-likeness (QED) is 0.368. The fourth-order valence-electron chi connectivity index (χ4n) is 4.42. The van der Waals surface area contributed by atoms with E-state index in [2.05, 4.69) is 9.71 Å². The van der Waals surface area contributed by atoms with Crippen molar-refractivity contribution < 1.29 is 32.9 Å². The van der Waals surface area contributed by atoms with E-state index in [9.17, 15) is 23.4 Å². The largest absolute Gasteiger partial charge is 0.454 e. The van der Waals surface area contributed by atoms with Crippen molar-refractivity contribution in [2.45, 2.75) is 42.0 Å². The summed E-state index contributed by atoms with van der Waals surface area (Å²) >= 11 is 0. The summed E-state index contributed by atoms with van der Waals surface area (Å²) in [4.78, 5) is 18.0. The fourth-order valence-corrected chi connectivity index (χ4v) is 5.81. The van der Waals surface area contributed by atoms with Gasteiger partial charge in [0.15, 0.2) is 11.5 Å². The number of rotatable bonds is 10. The first-order valence-corrected chi connectivity index (χ1v) is 13.4. The molecule has 0 saturated heterocycles. The highest BCUT2D eigenvalue weighted by Gasteiger charge is 2.51. The van der Waals surface area contributed by atoms with Gasteiger partial charge in [-0.15, -0.1) is 0 Å². The third-order valence-electron chi connectivity index (χ3n) is 6.90. The van der Waals surface area contributed by atoms with Crippen LogP contribution >= 0.6 is 0 Å². The van der Waals surface area contributed by atoms with E-state index in [1.165, 1.54) is 19.1 Å². The Morgan fingerprint density at radius 2 is 1.73 bits per heavy atom. The van der Waals surface area contributed by atoms with Crippen molar-refractivity contribution in [1.29, 1.82) is 0 Å². The first-order valence-electron chi connectivity index (χ1n) is 11.9. The highest BCUT2D eigenvalue weighted by Crippen LogP contribution is 2.51. The van der Waals surface area contributed by atoms with Gasteiger partial charge in [-0.3, -0.25) is 9.78 Å². The van der Waals surface area contributed by atoms with Crippen LogP contribution in [0.15, 0.2) is 65.6 Å². The molecule has 9 nitrogen and oxygen atoms in total. The lowest BCUT2D eigenvalue weighted by atomic mass is 9.88. The van der Waals surface area contributed by atoms with E-state index in [0.717, 1.165) is 18.4 Å². The molecular formula is C27H28N2O7S. The van der Waals surface area contributed by atoms with Gasteiger partial charge in [0.05, 0.1) is 34.8 Å². The Morgan fingerprint density at radius 3 is 2.41 bits per heavy atom. The van der Waals surface area contributed by atoms with Crippen LogP contribution < -0.4 is 14.2 Å². The highest BCUT2D eigenvalue weighted by molar-refractivity contribution is 7.89. The predicted molar refractivity (Wildman–Crippen MR) is 135 cm³/mol. The van der Waals surface area contributed by atoms with Crippen LogP contribution in [0, 0.1) is 0 Å². The van der Waals surface area contributed by atoms with Gasteiger partial charge >= 0.3 is 0 Å². The number of aliphatic hydroxyl groups is 2. The molecule has 1 aliphatic heterocycles. The number of nitrogens with one attached hydrogen (secondary N) is 1. The van der Waals surface area contributed by atoms with E-state index in [1.807, 2.05) is 30.3 Å². The summed E-state index contributed by atoms with van der Waals surface area (Å²) in [6.45, 7) is 0.497. The van der Waals surface area contributed by atoms with E-state index in [1.54, 1.807) is 18.2 Å². The summed E-state index contributed by atoms with van der Waals surface area (Å²) in [6, 6.07) is 17.2. The van der Waals surface area contributed by atoms with Gasteiger partial charge in [-0.25, -0.2) is 13.1 Å². The van der Waals surface area contributed by atoms with E-state index < -0.39 is 34.2 Å². The zero-order valence-corrected chi connectivity index (χ0v) is 21.1. The second-order valence-corrected chi connectivity index (χ2v) is 11.5. The number of nitrogens with zero attached hydrogens (tertiary/aromatic N) is 1. The van der Waals surface area contributed by atoms with Crippen LogP contribution in [0.4, 0.5) is 0 Å². The van der Waals surface area contributed by atoms with Crippen LogP contribution in [0.25, 0.3) is 11.3 Å². The van der Waals surface area contributed by atoms with E-state index in [0.29, 0.717) is 28.5 Å². The van der Waals surface area contributed by atoms with Crippen molar-refractivity contribution in [2.75, 3.05) is 20.0 Å². The van der Waals surface area contributed by atoms with Gasteiger partial charge in [-0.2, -0.15) is 0 Å². The number of ketones is 1. The number of hydrogen-bond acceptors (Lipinski definition) is 8. The Balaban J connectivity index is 1.31. The van der Waals surface area contributed by atoms with Gasteiger partial charge in [0.1, 0.15) is 5.78 Å². The SMILES string of the molecule is CC(CO)(CO)NS(=O)(=O)c1ccc(-c2cccc(CC(=O)C3(c4ccc5c(c4)OCO5)CC3)n2)cc1. The molecule has 1 fully saturated rings. The zero-order valence-electron chi connectivity index (χ0n) is 20.3. The van der Waals surface area contributed by atoms with Crippen LogP contribution in [-0.2, 0) is 26.7 Å². The zero-order chi connectivity index (χ0) is 26.3. The molecule has 2 aliphatic rings. The van der Waals surface area contributed by atoms with Crippen LogP contribution in [-0.4, -0.2) is 54.9 Å². The van der Waals surface area contributed by atoms with Crippen LogP contribution in [0.1, 0.15) is 31.0 Å². The minimum absolute atomic E-state index is 0.00453. The second-order valence-electron chi connectivity index (χ2n) is 9.77. The Labute approximate surface area is 215 Å². The Kier molecular flexibility index (Phi) is 6.53. The molecule has 3 N–H and O–H groups in total. The molecule has 0 atom stereocenters. The second kappa shape index (κ2) is 9.53. The summed E-state index contributed by atoms with van der Waals surface area (Å²) in [5, 5.41) is 18.8. The summed E-state index contributed by atoms with van der Waals surface area (Å²) in [5.74, 6) is 1.45. The van der Waals surface area contributed by atoms with E-state index in [-0.39, 0.29) is 23.9 Å². The Morgan fingerprint density at radius 1 is 1.03 bits per heavy atom. The third-order valence-corrected chi connectivity index (χ3v) is 8.55. The molecule has 1 aromatic heterocycles. The van der Waals surface area contributed by atoms with Gasteiger partial charge in [-0.05, 0) is 61.7 Å². The number of benzene rings is 2. The monoisotopic (exact) mass is 524 g/mol.